The lowest BCUT2D eigenvalue weighted by atomic mass is 10.2. The summed E-state index contributed by atoms with van der Waals surface area (Å²) in [6.07, 6.45) is 9.66. The summed E-state index contributed by atoms with van der Waals surface area (Å²) in [6.45, 7) is 0. The van der Waals surface area contributed by atoms with Crippen LogP contribution >= 0.6 is 11.8 Å². The molecule has 2 aromatic heterocycles. The predicted molar refractivity (Wildman–Crippen MR) is 77.1 cm³/mol. The Labute approximate surface area is 111 Å². The standard InChI is InChI=1S/C13H18N4S/c1-17-8-15-12-11(17)5-6-14-13(12)16-9-3-4-10(7-9)18-2/h5-6,8-10H,3-4,7H2,1-2H3,(H,14,16). The molecular weight excluding hydrogens is 244 g/mol. The van der Waals surface area contributed by atoms with Gasteiger partial charge in [-0.3, -0.25) is 0 Å². The second kappa shape index (κ2) is 4.80. The first-order valence-corrected chi connectivity index (χ1v) is 7.62. The molecule has 1 fully saturated rings. The molecule has 0 saturated heterocycles. The van der Waals surface area contributed by atoms with Crippen molar-refractivity contribution < 1.29 is 0 Å². The molecule has 18 heavy (non-hydrogen) atoms. The van der Waals surface area contributed by atoms with Crippen LogP contribution in [0.15, 0.2) is 18.6 Å². The maximum Gasteiger partial charge on any atom is 0.154 e. The summed E-state index contributed by atoms with van der Waals surface area (Å²) in [5.41, 5.74) is 2.11. The fraction of sp³-hybridized carbons (Fsp3) is 0.538. The number of pyridine rings is 1. The van der Waals surface area contributed by atoms with Crippen molar-refractivity contribution in [2.45, 2.75) is 30.6 Å². The Bertz CT molecular complexity index is 551. The van der Waals surface area contributed by atoms with E-state index in [0.717, 1.165) is 22.1 Å². The van der Waals surface area contributed by atoms with Crippen molar-refractivity contribution in [3.8, 4) is 0 Å². The number of nitrogens with one attached hydrogen (secondary N) is 1. The molecule has 2 aromatic rings. The van der Waals surface area contributed by atoms with Crippen LogP contribution in [0.5, 0.6) is 0 Å². The van der Waals surface area contributed by atoms with Gasteiger partial charge >= 0.3 is 0 Å². The maximum atomic E-state index is 4.44. The van der Waals surface area contributed by atoms with E-state index in [9.17, 15) is 0 Å². The van der Waals surface area contributed by atoms with Crippen molar-refractivity contribution >= 4 is 28.6 Å². The van der Waals surface area contributed by atoms with Crippen molar-refractivity contribution in [3.63, 3.8) is 0 Å². The monoisotopic (exact) mass is 262 g/mol. The zero-order valence-corrected chi connectivity index (χ0v) is 11.6. The summed E-state index contributed by atoms with van der Waals surface area (Å²) in [4.78, 5) is 8.87. The summed E-state index contributed by atoms with van der Waals surface area (Å²) in [5.74, 6) is 0.930. The number of anilines is 1. The van der Waals surface area contributed by atoms with E-state index in [0.29, 0.717) is 6.04 Å². The van der Waals surface area contributed by atoms with Gasteiger partial charge in [0.2, 0.25) is 0 Å². The molecule has 96 valence electrons. The van der Waals surface area contributed by atoms with E-state index in [4.69, 9.17) is 0 Å². The molecule has 0 radical (unpaired) electrons. The minimum atomic E-state index is 0.544. The van der Waals surface area contributed by atoms with E-state index >= 15 is 0 Å². The number of thioether (sulfide) groups is 1. The Morgan fingerprint density at radius 3 is 3.06 bits per heavy atom. The van der Waals surface area contributed by atoms with Gasteiger partial charge in [0.25, 0.3) is 0 Å². The Kier molecular flexibility index (Phi) is 3.16. The fourth-order valence-electron chi connectivity index (χ4n) is 2.65. The molecule has 0 amide bonds. The Morgan fingerprint density at radius 2 is 2.28 bits per heavy atom. The molecule has 0 aromatic carbocycles. The quantitative estimate of drug-likeness (QED) is 0.923. The highest BCUT2D eigenvalue weighted by Crippen LogP contribution is 2.31. The van der Waals surface area contributed by atoms with Gasteiger partial charge in [-0.05, 0) is 31.6 Å². The van der Waals surface area contributed by atoms with Gasteiger partial charge in [0.15, 0.2) is 5.82 Å². The summed E-state index contributed by atoms with van der Waals surface area (Å²) < 4.78 is 2.03. The lowest BCUT2D eigenvalue weighted by Crippen LogP contribution is -2.17. The summed E-state index contributed by atoms with van der Waals surface area (Å²) in [7, 11) is 2.01. The van der Waals surface area contributed by atoms with Gasteiger partial charge in [-0.15, -0.1) is 0 Å². The second-order valence-corrected chi connectivity index (χ2v) is 6.03. The lowest BCUT2D eigenvalue weighted by Gasteiger charge is -2.13. The summed E-state index contributed by atoms with van der Waals surface area (Å²) in [5, 5.41) is 4.36. The molecule has 2 heterocycles. The molecular formula is C13H18N4S. The molecule has 4 nitrogen and oxygen atoms in total. The van der Waals surface area contributed by atoms with E-state index < -0.39 is 0 Å². The molecule has 1 aliphatic rings. The zero-order valence-electron chi connectivity index (χ0n) is 10.8. The highest BCUT2D eigenvalue weighted by atomic mass is 32.2. The Balaban J connectivity index is 1.83. The van der Waals surface area contributed by atoms with E-state index in [2.05, 4.69) is 21.5 Å². The predicted octanol–water partition coefficient (Wildman–Crippen LogP) is 2.66. The Morgan fingerprint density at radius 1 is 1.39 bits per heavy atom. The van der Waals surface area contributed by atoms with Crippen molar-refractivity contribution in [1.29, 1.82) is 0 Å². The van der Waals surface area contributed by atoms with Gasteiger partial charge < -0.3 is 9.88 Å². The highest BCUT2D eigenvalue weighted by molar-refractivity contribution is 7.99. The minimum absolute atomic E-state index is 0.544. The van der Waals surface area contributed by atoms with Gasteiger partial charge in [0.1, 0.15) is 5.52 Å². The summed E-state index contributed by atoms with van der Waals surface area (Å²) >= 11 is 1.97. The normalized spacial score (nSPS) is 23.7. The highest BCUT2D eigenvalue weighted by Gasteiger charge is 2.24. The molecule has 0 spiro atoms. The number of aromatic nitrogens is 3. The van der Waals surface area contributed by atoms with Crippen LogP contribution in [-0.4, -0.2) is 32.1 Å². The van der Waals surface area contributed by atoms with Crippen LogP contribution in [0.3, 0.4) is 0 Å². The third-order valence-electron chi connectivity index (χ3n) is 3.70. The van der Waals surface area contributed by atoms with Gasteiger partial charge in [0, 0.05) is 24.5 Å². The van der Waals surface area contributed by atoms with Crippen LogP contribution in [-0.2, 0) is 7.05 Å². The number of hydrogen-bond acceptors (Lipinski definition) is 4. The molecule has 1 N–H and O–H groups in total. The number of fused-ring (bicyclic) bond motifs is 1. The first-order valence-electron chi connectivity index (χ1n) is 6.33. The number of nitrogens with zero attached hydrogens (tertiary/aromatic N) is 3. The number of hydrogen-bond donors (Lipinski definition) is 1. The Hall–Kier alpha value is -1.23. The van der Waals surface area contributed by atoms with Crippen LogP contribution in [0.4, 0.5) is 5.82 Å². The second-order valence-electron chi connectivity index (χ2n) is 4.89. The summed E-state index contributed by atoms with van der Waals surface area (Å²) in [6, 6.07) is 2.55. The van der Waals surface area contributed by atoms with Crippen molar-refractivity contribution in [1.82, 2.24) is 14.5 Å². The molecule has 5 heteroatoms. The zero-order chi connectivity index (χ0) is 12.5. The van der Waals surface area contributed by atoms with Crippen molar-refractivity contribution in [2.24, 2.45) is 7.05 Å². The van der Waals surface area contributed by atoms with E-state index in [1.807, 2.05) is 42.0 Å². The van der Waals surface area contributed by atoms with Crippen LogP contribution in [0, 0.1) is 0 Å². The lowest BCUT2D eigenvalue weighted by molar-refractivity contribution is 0.753. The average molecular weight is 262 g/mol. The fourth-order valence-corrected chi connectivity index (χ4v) is 3.44. The molecule has 3 rings (SSSR count). The molecule has 2 atom stereocenters. The first-order chi connectivity index (χ1) is 8.78. The first kappa shape index (κ1) is 11.8. The molecule has 0 aliphatic heterocycles. The van der Waals surface area contributed by atoms with Crippen molar-refractivity contribution in [2.75, 3.05) is 11.6 Å². The van der Waals surface area contributed by atoms with E-state index in [1.165, 1.54) is 19.3 Å². The maximum absolute atomic E-state index is 4.44. The van der Waals surface area contributed by atoms with E-state index in [1.54, 1.807) is 0 Å². The van der Waals surface area contributed by atoms with Crippen LogP contribution in [0.1, 0.15) is 19.3 Å². The van der Waals surface area contributed by atoms with Crippen LogP contribution in [0.2, 0.25) is 0 Å². The molecule has 0 bridgehead atoms. The number of rotatable bonds is 3. The largest absolute Gasteiger partial charge is 0.365 e. The number of imidazole rings is 1. The van der Waals surface area contributed by atoms with Crippen molar-refractivity contribution in [3.05, 3.63) is 18.6 Å². The van der Waals surface area contributed by atoms with Gasteiger partial charge in [-0.2, -0.15) is 11.8 Å². The smallest absolute Gasteiger partial charge is 0.154 e. The van der Waals surface area contributed by atoms with Gasteiger partial charge in [-0.1, -0.05) is 0 Å². The van der Waals surface area contributed by atoms with Crippen LogP contribution < -0.4 is 5.32 Å². The van der Waals surface area contributed by atoms with Gasteiger partial charge in [-0.25, -0.2) is 9.97 Å². The number of aryl methyl sites for hydroxylation is 1. The topological polar surface area (TPSA) is 42.7 Å². The third-order valence-corrected chi connectivity index (χ3v) is 4.80. The van der Waals surface area contributed by atoms with E-state index in [-0.39, 0.29) is 0 Å². The molecule has 2 unspecified atom stereocenters. The van der Waals surface area contributed by atoms with Crippen LogP contribution in [0.25, 0.3) is 11.0 Å². The van der Waals surface area contributed by atoms with Gasteiger partial charge in [0.05, 0.1) is 11.8 Å². The molecule has 1 aliphatic carbocycles. The average Bonchev–Trinajstić information content (AvgIpc) is 2.98. The SMILES string of the molecule is CSC1CCC(Nc2nccc3c2ncn3C)C1. The minimum Gasteiger partial charge on any atom is -0.365 e. The molecule has 1 saturated carbocycles. The third kappa shape index (κ3) is 2.07.